The van der Waals surface area contributed by atoms with E-state index in [0.717, 1.165) is 9.87 Å². The number of aromatic nitrogens is 1. The first-order valence-corrected chi connectivity index (χ1v) is 10.9. The standard InChI is InChI=1S/C21H18ClF3N2O2S/c22-20-9-8-19(12-18(20)11-16-5-2-1-3-6-16)27(14-17-7-4-10-26-13-17)30(28,29)15-21(23,24)25/h1-10,12-13H,11,14-15H2. The van der Waals surface area contributed by atoms with Crippen LogP contribution in [0.1, 0.15) is 16.7 Å². The molecule has 0 amide bonds. The highest BCUT2D eigenvalue weighted by Crippen LogP contribution is 2.30. The van der Waals surface area contributed by atoms with E-state index in [-0.39, 0.29) is 12.2 Å². The van der Waals surface area contributed by atoms with Gasteiger partial charge in [-0.3, -0.25) is 9.29 Å². The van der Waals surface area contributed by atoms with E-state index < -0.39 is 22.0 Å². The molecule has 1 heterocycles. The summed E-state index contributed by atoms with van der Waals surface area (Å²) in [4.78, 5) is 3.91. The Kier molecular flexibility index (Phi) is 6.67. The number of hydrogen-bond donors (Lipinski definition) is 0. The number of rotatable bonds is 7. The summed E-state index contributed by atoms with van der Waals surface area (Å²) in [5, 5.41) is 0.400. The molecule has 30 heavy (non-hydrogen) atoms. The van der Waals surface area contributed by atoms with Gasteiger partial charge in [-0.15, -0.1) is 0 Å². The maximum absolute atomic E-state index is 13.0. The third-order valence-corrected chi connectivity index (χ3v) is 6.36. The van der Waals surface area contributed by atoms with Gasteiger partial charge in [0.25, 0.3) is 0 Å². The van der Waals surface area contributed by atoms with E-state index in [1.165, 1.54) is 30.6 Å². The van der Waals surface area contributed by atoms with Gasteiger partial charge in [-0.05, 0) is 47.4 Å². The molecular formula is C21H18ClF3N2O2S. The van der Waals surface area contributed by atoms with E-state index in [1.807, 2.05) is 30.3 Å². The maximum Gasteiger partial charge on any atom is 0.404 e. The second kappa shape index (κ2) is 9.06. The Labute approximate surface area is 178 Å². The number of alkyl halides is 3. The van der Waals surface area contributed by atoms with Crippen molar-refractivity contribution in [1.82, 2.24) is 4.98 Å². The molecule has 0 aliphatic carbocycles. The molecule has 3 rings (SSSR count). The van der Waals surface area contributed by atoms with E-state index >= 15 is 0 Å². The largest absolute Gasteiger partial charge is 0.404 e. The van der Waals surface area contributed by atoms with Crippen molar-refractivity contribution >= 4 is 27.3 Å². The van der Waals surface area contributed by atoms with Crippen LogP contribution in [0, 0.1) is 0 Å². The molecule has 0 saturated carbocycles. The van der Waals surface area contributed by atoms with Crippen molar-refractivity contribution in [1.29, 1.82) is 0 Å². The number of nitrogens with zero attached hydrogens (tertiary/aromatic N) is 2. The lowest BCUT2D eigenvalue weighted by molar-refractivity contribution is -0.106. The minimum atomic E-state index is -4.87. The molecule has 9 heteroatoms. The number of sulfonamides is 1. The average Bonchev–Trinajstić information content (AvgIpc) is 2.68. The van der Waals surface area contributed by atoms with E-state index in [1.54, 1.807) is 12.1 Å². The fourth-order valence-corrected chi connectivity index (χ4v) is 4.49. The lowest BCUT2D eigenvalue weighted by Gasteiger charge is -2.26. The van der Waals surface area contributed by atoms with Crippen molar-refractivity contribution < 1.29 is 21.6 Å². The first-order chi connectivity index (χ1) is 14.1. The third-order valence-electron chi connectivity index (χ3n) is 4.29. The topological polar surface area (TPSA) is 50.3 Å². The molecule has 0 atom stereocenters. The van der Waals surface area contributed by atoms with Gasteiger partial charge >= 0.3 is 6.18 Å². The molecule has 0 spiro atoms. The van der Waals surface area contributed by atoms with Crippen LogP contribution in [0.15, 0.2) is 73.1 Å². The van der Waals surface area contributed by atoms with Crippen molar-refractivity contribution in [2.45, 2.75) is 19.1 Å². The zero-order valence-electron chi connectivity index (χ0n) is 15.7. The molecule has 0 radical (unpaired) electrons. The van der Waals surface area contributed by atoms with Crippen molar-refractivity contribution in [3.63, 3.8) is 0 Å². The number of benzene rings is 2. The van der Waals surface area contributed by atoms with Gasteiger partial charge in [0.1, 0.15) is 0 Å². The lowest BCUT2D eigenvalue weighted by atomic mass is 10.0. The average molecular weight is 455 g/mol. The quantitative estimate of drug-likeness (QED) is 0.491. The zero-order chi connectivity index (χ0) is 21.8. The van der Waals surface area contributed by atoms with Crippen molar-refractivity contribution in [2.75, 3.05) is 10.1 Å². The number of hydrogen-bond acceptors (Lipinski definition) is 3. The van der Waals surface area contributed by atoms with E-state index in [9.17, 15) is 21.6 Å². The molecule has 0 saturated heterocycles. The fraction of sp³-hybridized carbons (Fsp3) is 0.190. The molecule has 0 fully saturated rings. The number of anilines is 1. The summed E-state index contributed by atoms with van der Waals surface area (Å²) in [5.41, 5.74) is 2.12. The highest BCUT2D eigenvalue weighted by atomic mass is 35.5. The number of pyridine rings is 1. The van der Waals surface area contributed by atoms with Crippen LogP contribution in [0.4, 0.5) is 18.9 Å². The molecule has 3 aromatic rings. The molecule has 2 aromatic carbocycles. The van der Waals surface area contributed by atoms with Gasteiger partial charge in [0.2, 0.25) is 10.0 Å². The third kappa shape index (κ3) is 5.96. The Morgan fingerprint density at radius 2 is 1.67 bits per heavy atom. The van der Waals surface area contributed by atoms with Gasteiger partial charge in [-0.1, -0.05) is 48.0 Å². The highest BCUT2D eigenvalue weighted by Gasteiger charge is 2.38. The van der Waals surface area contributed by atoms with E-state index in [0.29, 0.717) is 22.6 Å². The van der Waals surface area contributed by atoms with Crippen LogP contribution in [0.5, 0.6) is 0 Å². The minimum absolute atomic E-state index is 0.110. The zero-order valence-corrected chi connectivity index (χ0v) is 17.3. The van der Waals surface area contributed by atoms with Crippen molar-refractivity contribution in [3.05, 3.63) is 94.8 Å². The Morgan fingerprint density at radius 1 is 0.967 bits per heavy atom. The van der Waals surface area contributed by atoms with E-state index in [2.05, 4.69) is 4.98 Å². The Hall–Kier alpha value is -2.58. The number of halogens is 4. The first kappa shape index (κ1) is 22.1. The van der Waals surface area contributed by atoms with Crippen LogP contribution in [0.2, 0.25) is 5.02 Å². The SMILES string of the molecule is O=S(=O)(CC(F)(F)F)N(Cc1cccnc1)c1ccc(Cl)c(Cc2ccccc2)c1. The summed E-state index contributed by atoms with van der Waals surface area (Å²) in [5.74, 6) is -1.96. The van der Waals surface area contributed by atoms with Gasteiger partial charge in [0, 0.05) is 17.4 Å². The van der Waals surface area contributed by atoms with Crippen LogP contribution in [-0.4, -0.2) is 25.3 Å². The molecule has 0 bridgehead atoms. The molecule has 158 valence electrons. The summed E-state index contributed by atoms with van der Waals surface area (Å²) in [6.07, 6.45) is -1.55. The lowest BCUT2D eigenvalue weighted by Crippen LogP contribution is -2.37. The van der Waals surface area contributed by atoms with Gasteiger partial charge in [0.05, 0.1) is 12.2 Å². The summed E-state index contributed by atoms with van der Waals surface area (Å²) >= 11 is 6.27. The summed E-state index contributed by atoms with van der Waals surface area (Å²) in [6, 6.07) is 16.9. The van der Waals surface area contributed by atoms with Crippen LogP contribution >= 0.6 is 11.6 Å². The second-order valence-corrected chi connectivity index (χ2v) is 8.98. The second-order valence-electron chi connectivity index (χ2n) is 6.68. The molecule has 0 unspecified atom stereocenters. The van der Waals surface area contributed by atoms with Gasteiger partial charge < -0.3 is 0 Å². The van der Waals surface area contributed by atoms with Gasteiger partial charge in [0.15, 0.2) is 5.75 Å². The maximum atomic E-state index is 13.0. The molecular weight excluding hydrogens is 437 g/mol. The molecule has 0 N–H and O–H groups in total. The first-order valence-electron chi connectivity index (χ1n) is 8.92. The van der Waals surface area contributed by atoms with Crippen LogP contribution in [0.3, 0.4) is 0 Å². The normalized spacial score (nSPS) is 12.0. The molecule has 0 aliphatic heterocycles. The van der Waals surface area contributed by atoms with Crippen LogP contribution in [-0.2, 0) is 23.0 Å². The highest BCUT2D eigenvalue weighted by molar-refractivity contribution is 7.92. The summed E-state index contributed by atoms with van der Waals surface area (Å²) < 4.78 is 64.9. The predicted molar refractivity (Wildman–Crippen MR) is 111 cm³/mol. The predicted octanol–water partition coefficient (Wildman–Crippen LogP) is 5.22. The van der Waals surface area contributed by atoms with Gasteiger partial charge in [-0.25, -0.2) is 8.42 Å². The smallest absolute Gasteiger partial charge is 0.265 e. The van der Waals surface area contributed by atoms with Crippen molar-refractivity contribution in [3.8, 4) is 0 Å². The van der Waals surface area contributed by atoms with Crippen LogP contribution < -0.4 is 4.31 Å². The van der Waals surface area contributed by atoms with Crippen molar-refractivity contribution in [2.24, 2.45) is 0 Å². The monoisotopic (exact) mass is 454 g/mol. The molecule has 4 nitrogen and oxygen atoms in total. The Balaban J connectivity index is 2.01. The summed E-state index contributed by atoms with van der Waals surface area (Å²) in [6.45, 7) is -0.279. The van der Waals surface area contributed by atoms with Gasteiger partial charge in [-0.2, -0.15) is 13.2 Å². The van der Waals surface area contributed by atoms with E-state index in [4.69, 9.17) is 11.6 Å². The minimum Gasteiger partial charge on any atom is -0.265 e. The summed E-state index contributed by atoms with van der Waals surface area (Å²) in [7, 11) is -4.70. The molecule has 1 aromatic heterocycles. The fourth-order valence-electron chi connectivity index (χ4n) is 2.96. The Bertz CT molecular complexity index is 1090. The van der Waals surface area contributed by atoms with Crippen LogP contribution in [0.25, 0.3) is 0 Å². The Morgan fingerprint density at radius 3 is 2.30 bits per heavy atom. The molecule has 0 aliphatic rings.